The maximum absolute atomic E-state index is 11.2. The molecule has 0 fully saturated rings. The molecule has 21 heavy (non-hydrogen) atoms. The number of carboxylic acid groups (broad SMARTS) is 1. The molecule has 0 unspecified atom stereocenters. The summed E-state index contributed by atoms with van der Waals surface area (Å²) in [5.74, 6) is -0.215. The Bertz CT molecular complexity index is 644. The average molecular weight is 287 g/mol. The first-order valence-corrected chi connectivity index (χ1v) is 6.53. The zero-order valence-electron chi connectivity index (χ0n) is 12.0. The Kier molecular flexibility index (Phi) is 4.84. The molecule has 0 aliphatic heterocycles. The molecule has 0 radical (unpaired) electrons. The average Bonchev–Trinajstić information content (AvgIpc) is 2.47. The van der Waals surface area contributed by atoms with Crippen molar-refractivity contribution in [3.8, 4) is 11.4 Å². The van der Waals surface area contributed by atoms with Crippen LogP contribution in [0.15, 0.2) is 30.3 Å². The van der Waals surface area contributed by atoms with Crippen molar-refractivity contribution in [1.29, 1.82) is 0 Å². The molecule has 2 rings (SSSR count). The zero-order chi connectivity index (χ0) is 15.2. The molecule has 2 aromatic rings. The van der Waals surface area contributed by atoms with Gasteiger partial charge in [-0.15, -0.1) is 0 Å². The zero-order valence-corrected chi connectivity index (χ0v) is 12.0. The highest BCUT2D eigenvalue weighted by molar-refractivity contribution is 5.87. The van der Waals surface area contributed by atoms with Crippen LogP contribution >= 0.6 is 0 Å². The SMILES string of the molecule is COCCNc1cc(C(=O)O)nc(-c2ccccc2C)n1. The number of aromatic carboxylic acids is 1. The number of carbonyl (C=O) groups is 1. The summed E-state index contributed by atoms with van der Waals surface area (Å²) in [6, 6.07) is 9.01. The summed E-state index contributed by atoms with van der Waals surface area (Å²) in [5, 5.41) is 12.2. The van der Waals surface area contributed by atoms with Gasteiger partial charge in [0.25, 0.3) is 0 Å². The normalized spacial score (nSPS) is 10.4. The molecule has 6 heteroatoms. The van der Waals surface area contributed by atoms with Crippen molar-refractivity contribution in [2.45, 2.75) is 6.92 Å². The lowest BCUT2D eigenvalue weighted by molar-refractivity contribution is 0.0690. The van der Waals surface area contributed by atoms with Gasteiger partial charge in [0.05, 0.1) is 6.61 Å². The minimum absolute atomic E-state index is 0.0387. The fraction of sp³-hybridized carbons (Fsp3) is 0.267. The number of aromatic nitrogens is 2. The van der Waals surface area contributed by atoms with Crippen LogP contribution in [0.5, 0.6) is 0 Å². The summed E-state index contributed by atoms with van der Waals surface area (Å²) in [4.78, 5) is 19.7. The van der Waals surface area contributed by atoms with Crippen LogP contribution in [-0.2, 0) is 4.74 Å². The molecule has 110 valence electrons. The highest BCUT2D eigenvalue weighted by Gasteiger charge is 2.12. The van der Waals surface area contributed by atoms with Crippen molar-refractivity contribution in [3.05, 3.63) is 41.6 Å². The van der Waals surface area contributed by atoms with E-state index in [1.54, 1.807) is 7.11 Å². The van der Waals surface area contributed by atoms with Crippen molar-refractivity contribution < 1.29 is 14.6 Å². The molecular weight excluding hydrogens is 270 g/mol. The summed E-state index contributed by atoms with van der Waals surface area (Å²) >= 11 is 0. The summed E-state index contributed by atoms with van der Waals surface area (Å²) in [5.41, 5.74) is 1.77. The third-order valence-corrected chi connectivity index (χ3v) is 2.94. The van der Waals surface area contributed by atoms with Crippen LogP contribution in [0.1, 0.15) is 16.1 Å². The van der Waals surface area contributed by atoms with E-state index in [-0.39, 0.29) is 5.69 Å². The topological polar surface area (TPSA) is 84.3 Å². The standard InChI is InChI=1S/C15H17N3O3/c1-10-5-3-4-6-11(10)14-17-12(15(19)20)9-13(18-14)16-7-8-21-2/h3-6,9H,7-8H2,1-2H3,(H,19,20)(H,16,17,18). The van der Waals surface area contributed by atoms with E-state index in [4.69, 9.17) is 4.74 Å². The van der Waals surface area contributed by atoms with Gasteiger partial charge in [-0.25, -0.2) is 14.8 Å². The number of rotatable bonds is 6. The highest BCUT2D eigenvalue weighted by Crippen LogP contribution is 2.21. The summed E-state index contributed by atoms with van der Waals surface area (Å²) in [7, 11) is 1.60. The first kappa shape index (κ1) is 14.9. The van der Waals surface area contributed by atoms with E-state index < -0.39 is 5.97 Å². The number of hydrogen-bond acceptors (Lipinski definition) is 5. The van der Waals surface area contributed by atoms with Crippen molar-refractivity contribution in [1.82, 2.24) is 9.97 Å². The number of anilines is 1. The molecule has 0 bridgehead atoms. The fourth-order valence-corrected chi connectivity index (χ4v) is 1.87. The van der Waals surface area contributed by atoms with Gasteiger partial charge in [0.2, 0.25) is 0 Å². The first-order valence-electron chi connectivity index (χ1n) is 6.53. The summed E-state index contributed by atoms with van der Waals surface area (Å²) in [6.07, 6.45) is 0. The van der Waals surface area contributed by atoms with Gasteiger partial charge in [0, 0.05) is 25.3 Å². The van der Waals surface area contributed by atoms with Gasteiger partial charge in [-0.3, -0.25) is 0 Å². The number of hydrogen-bond donors (Lipinski definition) is 2. The maximum Gasteiger partial charge on any atom is 0.354 e. The summed E-state index contributed by atoms with van der Waals surface area (Å²) in [6.45, 7) is 2.98. The van der Waals surface area contributed by atoms with E-state index in [9.17, 15) is 9.90 Å². The molecule has 0 amide bonds. The van der Waals surface area contributed by atoms with Gasteiger partial charge in [0.1, 0.15) is 5.82 Å². The van der Waals surface area contributed by atoms with Crippen LogP contribution in [0.4, 0.5) is 5.82 Å². The lowest BCUT2D eigenvalue weighted by Crippen LogP contribution is -2.12. The number of carboxylic acids is 1. The Morgan fingerprint density at radius 1 is 1.33 bits per heavy atom. The third-order valence-electron chi connectivity index (χ3n) is 2.94. The van der Waals surface area contributed by atoms with E-state index in [1.807, 2.05) is 31.2 Å². The number of benzene rings is 1. The maximum atomic E-state index is 11.2. The smallest absolute Gasteiger partial charge is 0.354 e. The minimum Gasteiger partial charge on any atom is -0.477 e. The Morgan fingerprint density at radius 2 is 2.10 bits per heavy atom. The Morgan fingerprint density at radius 3 is 2.76 bits per heavy atom. The van der Waals surface area contributed by atoms with Crippen LogP contribution in [0.2, 0.25) is 0 Å². The molecule has 0 saturated carbocycles. The summed E-state index contributed by atoms with van der Waals surface area (Å²) < 4.78 is 4.95. The molecule has 1 heterocycles. The van der Waals surface area contributed by atoms with E-state index in [0.717, 1.165) is 11.1 Å². The number of nitrogens with zero attached hydrogens (tertiary/aromatic N) is 2. The Hall–Kier alpha value is -2.47. The van der Waals surface area contributed by atoms with Gasteiger partial charge in [0.15, 0.2) is 11.5 Å². The monoisotopic (exact) mass is 287 g/mol. The van der Waals surface area contributed by atoms with Gasteiger partial charge >= 0.3 is 5.97 Å². The van der Waals surface area contributed by atoms with Gasteiger partial charge in [-0.05, 0) is 12.5 Å². The molecule has 0 aliphatic carbocycles. The van der Waals surface area contributed by atoms with Gasteiger partial charge < -0.3 is 15.2 Å². The molecule has 1 aromatic heterocycles. The molecule has 0 aliphatic rings. The lowest BCUT2D eigenvalue weighted by Gasteiger charge is -2.09. The van der Waals surface area contributed by atoms with Crippen LogP contribution in [-0.4, -0.2) is 41.3 Å². The van der Waals surface area contributed by atoms with Gasteiger partial charge in [-0.1, -0.05) is 24.3 Å². The minimum atomic E-state index is -1.08. The van der Waals surface area contributed by atoms with E-state index >= 15 is 0 Å². The van der Waals surface area contributed by atoms with Gasteiger partial charge in [-0.2, -0.15) is 0 Å². The number of aryl methyl sites for hydroxylation is 1. The highest BCUT2D eigenvalue weighted by atomic mass is 16.5. The van der Waals surface area contributed by atoms with Crippen LogP contribution in [0.3, 0.4) is 0 Å². The molecule has 0 atom stereocenters. The Labute approximate surface area is 122 Å². The molecule has 0 spiro atoms. The quantitative estimate of drug-likeness (QED) is 0.792. The Balaban J connectivity index is 2.40. The van der Waals surface area contributed by atoms with Crippen molar-refractivity contribution in [3.63, 3.8) is 0 Å². The van der Waals surface area contributed by atoms with Crippen LogP contribution in [0.25, 0.3) is 11.4 Å². The number of methoxy groups -OCH3 is 1. The van der Waals surface area contributed by atoms with Crippen LogP contribution < -0.4 is 5.32 Å². The second-order valence-electron chi connectivity index (χ2n) is 4.50. The molecule has 1 aromatic carbocycles. The van der Waals surface area contributed by atoms with Crippen LogP contribution in [0, 0.1) is 6.92 Å². The molecular formula is C15H17N3O3. The largest absolute Gasteiger partial charge is 0.477 e. The third kappa shape index (κ3) is 3.76. The predicted octanol–water partition coefficient (Wildman–Crippen LogP) is 2.21. The molecule has 0 saturated heterocycles. The molecule has 2 N–H and O–H groups in total. The predicted molar refractivity (Wildman–Crippen MR) is 79.5 cm³/mol. The fourth-order valence-electron chi connectivity index (χ4n) is 1.87. The van der Waals surface area contributed by atoms with E-state index in [2.05, 4.69) is 15.3 Å². The second kappa shape index (κ2) is 6.81. The molecule has 6 nitrogen and oxygen atoms in total. The lowest BCUT2D eigenvalue weighted by atomic mass is 10.1. The number of ether oxygens (including phenoxy) is 1. The second-order valence-corrected chi connectivity index (χ2v) is 4.50. The van der Waals surface area contributed by atoms with Crippen molar-refractivity contribution in [2.75, 3.05) is 25.6 Å². The van der Waals surface area contributed by atoms with Crippen molar-refractivity contribution >= 4 is 11.8 Å². The van der Waals surface area contributed by atoms with E-state index in [1.165, 1.54) is 6.07 Å². The van der Waals surface area contributed by atoms with E-state index in [0.29, 0.717) is 24.8 Å². The number of nitrogens with one attached hydrogen (secondary N) is 1. The first-order chi connectivity index (χ1) is 10.1. The van der Waals surface area contributed by atoms with Crippen molar-refractivity contribution in [2.24, 2.45) is 0 Å².